The molecule has 2 aromatic heterocycles. The first-order valence-corrected chi connectivity index (χ1v) is 10.7. The van der Waals surface area contributed by atoms with Crippen molar-refractivity contribution in [3.8, 4) is 28.1 Å². The molecule has 0 saturated heterocycles. The van der Waals surface area contributed by atoms with Crippen LogP contribution in [0.5, 0.6) is 5.75 Å². The summed E-state index contributed by atoms with van der Waals surface area (Å²) >= 11 is 0. The van der Waals surface area contributed by atoms with Crippen LogP contribution < -0.4 is 4.74 Å². The van der Waals surface area contributed by atoms with Gasteiger partial charge in [-0.1, -0.05) is 91.0 Å². The van der Waals surface area contributed by atoms with E-state index in [2.05, 4.69) is 0 Å². The van der Waals surface area contributed by atoms with E-state index in [0.717, 1.165) is 22.4 Å². The number of ketones is 1. The molecule has 0 spiro atoms. The highest BCUT2D eigenvalue weighted by molar-refractivity contribution is 6.10. The quantitative estimate of drug-likeness (QED) is 0.238. The van der Waals surface area contributed by atoms with Gasteiger partial charge >= 0.3 is 5.97 Å². The lowest BCUT2D eigenvalue weighted by atomic mass is 10.0. The van der Waals surface area contributed by atoms with Crippen molar-refractivity contribution < 1.29 is 14.3 Å². The predicted molar refractivity (Wildman–Crippen MR) is 129 cm³/mol. The monoisotopic (exact) mass is 431 g/mol. The lowest BCUT2D eigenvalue weighted by Gasteiger charge is -2.08. The van der Waals surface area contributed by atoms with Crippen LogP contribution in [0.3, 0.4) is 0 Å². The molecule has 4 nitrogen and oxygen atoms in total. The molecule has 33 heavy (non-hydrogen) atoms. The Hall–Kier alpha value is -4.44. The van der Waals surface area contributed by atoms with Crippen LogP contribution in [-0.2, 0) is 4.79 Å². The third kappa shape index (κ3) is 3.83. The topological polar surface area (TPSA) is 47.8 Å². The van der Waals surface area contributed by atoms with E-state index in [1.165, 1.54) is 6.92 Å². The minimum absolute atomic E-state index is 0.0874. The van der Waals surface area contributed by atoms with Gasteiger partial charge in [0.05, 0.1) is 16.8 Å². The molecule has 0 bridgehead atoms. The van der Waals surface area contributed by atoms with Gasteiger partial charge in [-0.3, -0.25) is 9.59 Å². The number of rotatable bonds is 5. The minimum atomic E-state index is -0.418. The second kappa shape index (κ2) is 8.60. The molecule has 0 aliphatic carbocycles. The van der Waals surface area contributed by atoms with Gasteiger partial charge in [0.1, 0.15) is 0 Å². The van der Waals surface area contributed by atoms with Gasteiger partial charge in [-0.15, -0.1) is 0 Å². The summed E-state index contributed by atoms with van der Waals surface area (Å²) in [6, 6.07) is 32.5. The zero-order valence-electron chi connectivity index (χ0n) is 18.1. The molecule has 5 aromatic rings. The summed E-state index contributed by atoms with van der Waals surface area (Å²) < 4.78 is 7.77. The Morgan fingerprint density at radius 3 is 1.88 bits per heavy atom. The zero-order valence-corrected chi connectivity index (χ0v) is 18.1. The highest BCUT2D eigenvalue weighted by Gasteiger charge is 2.24. The fraction of sp³-hybridized carbons (Fsp3) is 0.0345. The van der Waals surface area contributed by atoms with Crippen LogP contribution in [-0.4, -0.2) is 16.2 Å². The number of carbonyl (C=O) groups excluding carboxylic acids is 2. The third-order valence-electron chi connectivity index (χ3n) is 5.55. The Bertz CT molecular complexity index is 1450. The molecule has 3 aromatic carbocycles. The van der Waals surface area contributed by atoms with Crippen LogP contribution in [0.25, 0.3) is 27.9 Å². The second-order valence-electron chi connectivity index (χ2n) is 7.74. The molecule has 0 aliphatic rings. The highest BCUT2D eigenvalue weighted by atomic mass is 16.5. The summed E-state index contributed by atoms with van der Waals surface area (Å²) in [6.07, 6.45) is 1.87. The number of hydrogen-bond donors (Lipinski definition) is 0. The Labute approximate surface area is 191 Å². The van der Waals surface area contributed by atoms with Crippen molar-refractivity contribution in [1.82, 2.24) is 4.40 Å². The van der Waals surface area contributed by atoms with Gasteiger partial charge in [-0.05, 0) is 23.3 Å². The normalized spacial score (nSPS) is 10.8. The van der Waals surface area contributed by atoms with Gasteiger partial charge in [0.25, 0.3) is 0 Å². The van der Waals surface area contributed by atoms with Crippen LogP contribution in [0.4, 0.5) is 0 Å². The molecule has 0 unspecified atom stereocenters. The van der Waals surface area contributed by atoms with Crippen molar-refractivity contribution >= 4 is 17.3 Å². The van der Waals surface area contributed by atoms with Gasteiger partial charge in [-0.2, -0.15) is 0 Å². The van der Waals surface area contributed by atoms with Crippen molar-refractivity contribution in [2.75, 3.05) is 0 Å². The zero-order chi connectivity index (χ0) is 22.8. The minimum Gasteiger partial charge on any atom is -0.424 e. The van der Waals surface area contributed by atoms with E-state index in [1.54, 1.807) is 24.3 Å². The van der Waals surface area contributed by atoms with Crippen LogP contribution in [0.15, 0.2) is 109 Å². The number of benzene rings is 3. The van der Waals surface area contributed by atoms with Crippen LogP contribution in [0.1, 0.15) is 22.8 Å². The van der Waals surface area contributed by atoms with E-state index in [0.29, 0.717) is 22.4 Å². The summed E-state index contributed by atoms with van der Waals surface area (Å²) in [5.74, 6) is -0.0649. The summed E-state index contributed by atoms with van der Waals surface area (Å²) in [5.41, 5.74) is 5.39. The fourth-order valence-electron chi connectivity index (χ4n) is 4.12. The molecular formula is C29H21NO3. The Kier molecular flexibility index (Phi) is 5.33. The predicted octanol–water partition coefficient (Wildman–Crippen LogP) is 6.43. The molecule has 2 heterocycles. The summed E-state index contributed by atoms with van der Waals surface area (Å²) in [6.45, 7) is 1.39. The number of esters is 1. The van der Waals surface area contributed by atoms with Crippen molar-refractivity contribution in [3.05, 3.63) is 120 Å². The summed E-state index contributed by atoms with van der Waals surface area (Å²) in [4.78, 5) is 25.3. The largest absolute Gasteiger partial charge is 0.424 e. The van der Waals surface area contributed by atoms with Crippen LogP contribution in [0.2, 0.25) is 0 Å². The number of aromatic nitrogens is 1. The van der Waals surface area contributed by atoms with Gasteiger partial charge < -0.3 is 9.14 Å². The number of carbonyl (C=O) groups is 2. The van der Waals surface area contributed by atoms with E-state index >= 15 is 0 Å². The van der Waals surface area contributed by atoms with Crippen molar-refractivity contribution in [3.63, 3.8) is 0 Å². The number of ether oxygens (including phenoxy) is 1. The van der Waals surface area contributed by atoms with Gasteiger partial charge in [0.2, 0.25) is 0 Å². The Morgan fingerprint density at radius 2 is 1.27 bits per heavy atom. The molecule has 0 aliphatic heterocycles. The molecule has 0 amide bonds. The highest BCUT2D eigenvalue weighted by Crippen LogP contribution is 2.44. The average molecular weight is 431 g/mol. The maximum atomic E-state index is 13.1. The lowest BCUT2D eigenvalue weighted by Crippen LogP contribution is -2.04. The first kappa shape index (κ1) is 20.5. The Balaban J connectivity index is 1.82. The molecule has 0 fully saturated rings. The van der Waals surface area contributed by atoms with Gasteiger partial charge in [-0.25, -0.2) is 0 Å². The standard InChI is InChI=1S/C29H21NO3/c1-20(31)33-29-25-19-24(28(32)23-15-9-4-10-16-23)17-18-30(25)27(22-13-7-3-8-14-22)26(29)21-11-5-2-6-12-21/h2-19H,1H3. The number of nitrogens with zero attached hydrogens (tertiary/aromatic N) is 1. The smallest absolute Gasteiger partial charge is 0.308 e. The molecule has 160 valence electrons. The number of fused-ring (bicyclic) bond motifs is 1. The molecule has 0 radical (unpaired) electrons. The first-order valence-electron chi connectivity index (χ1n) is 10.7. The van der Waals surface area contributed by atoms with Gasteiger partial charge in [0.15, 0.2) is 11.5 Å². The molecule has 0 N–H and O–H groups in total. The third-order valence-corrected chi connectivity index (χ3v) is 5.55. The number of hydrogen-bond acceptors (Lipinski definition) is 3. The molecular weight excluding hydrogens is 410 g/mol. The Morgan fingerprint density at radius 1 is 0.697 bits per heavy atom. The molecule has 0 saturated carbocycles. The van der Waals surface area contributed by atoms with E-state index in [-0.39, 0.29) is 5.78 Å². The second-order valence-corrected chi connectivity index (χ2v) is 7.74. The SMILES string of the molecule is CC(=O)Oc1c(-c2ccccc2)c(-c2ccccc2)n2ccc(C(=O)c3ccccc3)cc12. The first-order chi connectivity index (χ1) is 16.1. The van der Waals surface area contributed by atoms with Gasteiger partial charge in [0, 0.05) is 24.2 Å². The van der Waals surface area contributed by atoms with E-state index in [9.17, 15) is 9.59 Å². The molecule has 5 rings (SSSR count). The van der Waals surface area contributed by atoms with E-state index in [1.807, 2.05) is 89.5 Å². The average Bonchev–Trinajstić information content (AvgIpc) is 3.18. The number of pyridine rings is 1. The van der Waals surface area contributed by atoms with E-state index in [4.69, 9.17) is 4.74 Å². The fourth-order valence-corrected chi connectivity index (χ4v) is 4.12. The van der Waals surface area contributed by atoms with Crippen LogP contribution >= 0.6 is 0 Å². The lowest BCUT2D eigenvalue weighted by molar-refractivity contribution is -0.131. The van der Waals surface area contributed by atoms with Crippen molar-refractivity contribution in [2.45, 2.75) is 6.92 Å². The molecule has 4 heteroatoms. The maximum absolute atomic E-state index is 13.1. The van der Waals surface area contributed by atoms with Crippen LogP contribution in [0, 0.1) is 0 Å². The summed E-state index contributed by atoms with van der Waals surface area (Å²) in [5, 5.41) is 0. The summed E-state index contributed by atoms with van der Waals surface area (Å²) in [7, 11) is 0. The maximum Gasteiger partial charge on any atom is 0.308 e. The van der Waals surface area contributed by atoms with Crippen molar-refractivity contribution in [1.29, 1.82) is 0 Å². The van der Waals surface area contributed by atoms with E-state index < -0.39 is 5.97 Å². The molecule has 0 atom stereocenters. The van der Waals surface area contributed by atoms with Crippen molar-refractivity contribution in [2.24, 2.45) is 0 Å².